The van der Waals surface area contributed by atoms with Crippen LogP contribution in [0.5, 0.6) is 0 Å². The van der Waals surface area contributed by atoms with Crippen LogP contribution in [-0.4, -0.2) is 40.2 Å². The van der Waals surface area contributed by atoms with E-state index in [2.05, 4.69) is 10.4 Å². The largest absolute Gasteiger partial charge is 0.481 e. The Bertz CT molecular complexity index is 683. The molecular weight excluding hydrogens is 322 g/mol. The van der Waals surface area contributed by atoms with Crippen molar-refractivity contribution in [1.29, 1.82) is 0 Å². The zero-order chi connectivity index (χ0) is 18.4. The normalized spacial score (nSPS) is 14.9. The maximum absolute atomic E-state index is 12.2. The van der Waals surface area contributed by atoms with Gasteiger partial charge >= 0.3 is 5.97 Å². The van der Waals surface area contributed by atoms with E-state index < -0.39 is 11.4 Å². The first-order valence-electron chi connectivity index (χ1n) is 8.23. The van der Waals surface area contributed by atoms with Gasteiger partial charge in [-0.2, -0.15) is 5.10 Å². The lowest BCUT2D eigenvalue weighted by Gasteiger charge is -2.24. The Hall–Kier alpha value is -2.70. The van der Waals surface area contributed by atoms with Gasteiger partial charge in [0, 0.05) is 19.4 Å². The molecule has 0 saturated carbocycles. The number of aliphatic carboxylic acids is 1. The predicted octanol–water partition coefficient (Wildman–Crippen LogP) is 1.78. The number of hydrogen-bond donors (Lipinski definition) is 2. The molecule has 1 aliphatic rings. The Morgan fingerprint density at radius 2 is 1.92 bits per heavy atom. The van der Waals surface area contributed by atoms with Crippen molar-refractivity contribution in [3.05, 3.63) is 35.9 Å². The monoisotopic (exact) mass is 345 g/mol. The van der Waals surface area contributed by atoms with Crippen molar-refractivity contribution in [3.63, 3.8) is 0 Å². The van der Waals surface area contributed by atoms with Crippen LogP contribution in [-0.2, 0) is 20.9 Å². The number of carboxylic acid groups (broad SMARTS) is 1. The summed E-state index contributed by atoms with van der Waals surface area (Å²) in [4.78, 5) is 35.3. The van der Waals surface area contributed by atoms with Crippen LogP contribution in [0.1, 0.15) is 38.7 Å². The molecule has 0 radical (unpaired) electrons. The van der Waals surface area contributed by atoms with Gasteiger partial charge in [-0.3, -0.25) is 14.4 Å². The third-order valence-corrected chi connectivity index (χ3v) is 4.16. The van der Waals surface area contributed by atoms with Crippen LogP contribution in [0.15, 0.2) is 35.4 Å². The zero-order valence-corrected chi connectivity index (χ0v) is 14.5. The molecule has 1 aromatic carbocycles. The van der Waals surface area contributed by atoms with Crippen molar-refractivity contribution < 1.29 is 19.5 Å². The topological polar surface area (TPSA) is 99.1 Å². The molecule has 1 aromatic rings. The number of amides is 2. The molecule has 0 atom stereocenters. The van der Waals surface area contributed by atoms with Gasteiger partial charge in [0.05, 0.1) is 12.0 Å². The third-order valence-electron chi connectivity index (χ3n) is 4.16. The van der Waals surface area contributed by atoms with E-state index in [1.54, 1.807) is 13.8 Å². The van der Waals surface area contributed by atoms with Gasteiger partial charge in [0.25, 0.3) is 5.91 Å². The molecule has 2 rings (SSSR count). The van der Waals surface area contributed by atoms with Gasteiger partial charge in [0.15, 0.2) is 0 Å². The molecule has 0 saturated heterocycles. The van der Waals surface area contributed by atoms with E-state index in [1.807, 2.05) is 30.3 Å². The van der Waals surface area contributed by atoms with E-state index >= 15 is 0 Å². The number of benzene rings is 1. The first kappa shape index (κ1) is 18.6. The quantitative estimate of drug-likeness (QED) is 0.787. The molecule has 0 spiro atoms. The lowest BCUT2D eigenvalue weighted by atomic mass is 9.90. The fourth-order valence-corrected chi connectivity index (χ4v) is 2.34. The second kappa shape index (κ2) is 7.92. The lowest BCUT2D eigenvalue weighted by molar-refractivity contribution is -0.147. The van der Waals surface area contributed by atoms with Crippen molar-refractivity contribution >= 4 is 23.5 Å². The number of nitrogens with zero attached hydrogens (tertiary/aromatic N) is 2. The summed E-state index contributed by atoms with van der Waals surface area (Å²) in [6, 6.07) is 9.44. The summed E-state index contributed by atoms with van der Waals surface area (Å²) in [5.74, 6) is -1.38. The van der Waals surface area contributed by atoms with Crippen LogP contribution in [0, 0.1) is 5.41 Å². The summed E-state index contributed by atoms with van der Waals surface area (Å²) in [6.45, 7) is 3.78. The van der Waals surface area contributed by atoms with Crippen LogP contribution in [0.3, 0.4) is 0 Å². The van der Waals surface area contributed by atoms with Crippen LogP contribution in [0.2, 0.25) is 0 Å². The Morgan fingerprint density at radius 1 is 1.24 bits per heavy atom. The lowest BCUT2D eigenvalue weighted by Crippen LogP contribution is -2.40. The van der Waals surface area contributed by atoms with Crippen molar-refractivity contribution in [2.75, 3.05) is 6.54 Å². The zero-order valence-electron chi connectivity index (χ0n) is 14.5. The van der Waals surface area contributed by atoms with Gasteiger partial charge in [-0.05, 0) is 25.8 Å². The van der Waals surface area contributed by atoms with Crippen molar-refractivity contribution in [2.24, 2.45) is 10.5 Å². The minimum absolute atomic E-state index is 0.118. The molecule has 1 aliphatic heterocycles. The molecule has 0 fully saturated rings. The van der Waals surface area contributed by atoms with Gasteiger partial charge < -0.3 is 10.4 Å². The summed E-state index contributed by atoms with van der Waals surface area (Å²) in [5.41, 5.74) is 0.324. The van der Waals surface area contributed by atoms with Gasteiger partial charge in [-0.25, -0.2) is 5.01 Å². The fourth-order valence-electron chi connectivity index (χ4n) is 2.34. The standard InChI is InChI=1S/C18H23N3O4/c1-18(2,17(24)25)10-11-19-16(23)14-8-9-15(22)21(20-14)12-13-6-4-3-5-7-13/h3-7H,8-12H2,1-2H3,(H,19,23)(H,24,25). The highest BCUT2D eigenvalue weighted by atomic mass is 16.4. The predicted molar refractivity (Wildman–Crippen MR) is 92.7 cm³/mol. The number of hydrazone groups is 1. The Balaban J connectivity index is 1.95. The summed E-state index contributed by atoms with van der Waals surface area (Å²) < 4.78 is 0. The Kier molecular flexibility index (Phi) is 5.90. The van der Waals surface area contributed by atoms with Gasteiger partial charge in [0.2, 0.25) is 5.91 Å². The summed E-state index contributed by atoms with van der Waals surface area (Å²) >= 11 is 0. The molecule has 0 bridgehead atoms. The minimum atomic E-state index is -0.906. The Labute approximate surface area is 146 Å². The number of carbonyl (C=O) groups excluding carboxylic acids is 2. The van der Waals surface area contributed by atoms with Crippen molar-refractivity contribution in [2.45, 2.75) is 39.7 Å². The number of rotatable bonds is 7. The molecule has 1 heterocycles. The number of nitrogens with one attached hydrogen (secondary N) is 1. The number of carbonyl (C=O) groups is 3. The van der Waals surface area contributed by atoms with Crippen LogP contribution < -0.4 is 5.32 Å². The molecule has 2 N–H and O–H groups in total. The summed E-state index contributed by atoms with van der Waals surface area (Å²) in [6.07, 6.45) is 0.839. The minimum Gasteiger partial charge on any atom is -0.481 e. The average molecular weight is 345 g/mol. The maximum atomic E-state index is 12.2. The second-order valence-electron chi connectivity index (χ2n) is 6.68. The molecule has 0 aliphatic carbocycles. The van der Waals surface area contributed by atoms with E-state index in [-0.39, 0.29) is 31.2 Å². The molecule has 0 unspecified atom stereocenters. The van der Waals surface area contributed by atoms with E-state index in [1.165, 1.54) is 5.01 Å². The molecule has 134 valence electrons. The van der Waals surface area contributed by atoms with Gasteiger partial charge in [-0.1, -0.05) is 30.3 Å². The SMILES string of the molecule is CC(C)(CCNC(=O)C1=NN(Cc2ccccc2)C(=O)CC1)C(=O)O. The average Bonchev–Trinajstić information content (AvgIpc) is 2.57. The molecule has 0 aromatic heterocycles. The van der Waals surface area contributed by atoms with Crippen LogP contribution in [0.4, 0.5) is 0 Å². The van der Waals surface area contributed by atoms with Gasteiger partial charge in [-0.15, -0.1) is 0 Å². The number of hydrogen-bond acceptors (Lipinski definition) is 4. The van der Waals surface area contributed by atoms with Gasteiger partial charge in [0.1, 0.15) is 5.71 Å². The second-order valence-corrected chi connectivity index (χ2v) is 6.68. The van der Waals surface area contributed by atoms with E-state index in [0.717, 1.165) is 5.56 Å². The van der Waals surface area contributed by atoms with E-state index in [4.69, 9.17) is 5.11 Å². The first-order chi connectivity index (χ1) is 11.8. The smallest absolute Gasteiger partial charge is 0.309 e. The van der Waals surface area contributed by atoms with Crippen molar-refractivity contribution in [1.82, 2.24) is 10.3 Å². The molecular formula is C18H23N3O4. The molecule has 25 heavy (non-hydrogen) atoms. The highest BCUT2D eigenvalue weighted by Crippen LogP contribution is 2.19. The van der Waals surface area contributed by atoms with Crippen LogP contribution >= 0.6 is 0 Å². The maximum Gasteiger partial charge on any atom is 0.309 e. The van der Waals surface area contributed by atoms with E-state index in [0.29, 0.717) is 18.7 Å². The highest BCUT2D eigenvalue weighted by Gasteiger charge is 2.28. The molecule has 2 amide bonds. The molecule has 7 heteroatoms. The van der Waals surface area contributed by atoms with Crippen LogP contribution in [0.25, 0.3) is 0 Å². The first-order valence-corrected chi connectivity index (χ1v) is 8.23. The fraction of sp³-hybridized carbons (Fsp3) is 0.444. The summed E-state index contributed by atoms with van der Waals surface area (Å²) in [7, 11) is 0. The third kappa shape index (κ3) is 5.14. The molecule has 7 nitrogen and oxygen atoms in total. The summed E-state index contributed by atoms with van der Waals surface area (Å²) in [5, 5.41) is 17.3. The Morgan fingerprint density at radius 3 is 2.56 bits per heavy atom. The highest BCUT2D eigenvalue weighted by molar-refractivity contribution is 6.39. The van der Waals surface area contributed by atoms with E-state index in [9.17, 15) is 14.4 Å². The van der Waals surface area contributed by atoms with Crippen molar-refractivity contribution in [3.8, 4) is 0 Å². The number of carboxylic acids is 1.